The molecule has 4 rings (SSSR count). The second kappa shape index (κ2) is 7.10. The maximum absolute atomic E-state index is 12.7. The zero-order valence-electron chi connectivity index (χ0n) is 13.7. The number of halogens is 1. The Kier molecular flexibility index (Phi) is 4.82. The average molecular weight is 454 g/mol. The molecule has 0 N–H and O–H groups in total. The van der Waals surface area contributed by atoms with Crippen LogP contribution in [0.5, 0.6) is 0 Å². The fourth-order valence-corrected chi connectivity index (χ4v) is 6.42. The summed E-state index contributed by atoms with van der Waals surface area (Å²) in [5, 5.41) is 8.54. The molecule has 1 aliphatic heterocycles. The van der Waals surface area contributed by atoms with Crippen molar-refractivity contribution in [1.82, 2.24) is 19.1 Å². The van der Waals surface area contributed by atoms with Gasteiger partial charge in [0, 0.05) is 38.6 Å². The van der Waals surface area contributed by atoms with Gasteiger partial charge in [-0.3, -0.25) is 0 Å². The first-order valence-corrected chi connectivity index (χ1v) is 11.1. The Morgan fingerprint density at radius 3 is 2.15 bits per heavy atom. The van der Waals surface area contributed by atoms with Crippen LogP contribution in [0.25, 0.3) is 5.82 Å². The number of aromatic nitrogens is 3. The molecule has 0 saturated carbocycles. The molecule has 0 aliphatic carbocycles. The smallest absolute Gasteiger partial charge is 0.252 e. The van der Waals surface area contributed by atoms with Gasteiger partial charge in [-0.1, -0.05) is 0 Å². The van der Waals surface area contributed by atoms with Gasteiger partial charge in [0.15, 0.2) is 11.6 Å². The van der Waals surface area contributed by atoms with Gasteiger partial charge < -0.3 is 9.47 Å². The highest BCUT2D eigenvalue weighted by molar-refractivity contribution is 9.11. The van der Waals surface area contributed by atoms with Crippen molar-refractivity contribution in [2.45, 2.75) is 4.21 Å². The molecule has 3 aromatic heterocycles. The van der Waals surface area contributed by atoms with Gasteiger partial charge in [-0.2, -0.15) is 4.31 Å². The van der Waals surface area contributed by atoms with Crippen LogP contribution < -0.4 is 4.90 Å². The summed E-state index contributed by atoms with van der Waals surface area (Å²) in [6.07, 6.45) is 3.83. The molecule has 0 radical (unpaired) electrons. The summed E-state index contributed by atoms with van der Waals surface area (Å²) in [6.45, 7) is 2.03. The van der Waals surface area contributed by atoms with E-state index in [0.717, 1.165) is 15.4 Å². The number of nitrogens with zero attached hydrogens (tertiary/aromatic N) is 5. The fraction of sp³-hybridized carbons (Fsp3) is 0.250. The van der Waals surface area contributed by atoms with Crippen LogP contribution in [0.3, 0.4) is 0 Å². The van der Waals surface area contributed by atoms with Gasteiger partial charge in [-0.05, 0) is 52.3 Å². The number of hydrogen-bond acceptors (Lipinski definition) is 6. The number of hydrogen-bond donors (Lipinski definition) is 0. The minimum absolute atomic E-state index is 0.369. The summed E-state index contributed by atoms with van der Waals surface area (Å²) in [7, 11) is -3.43. The van der Waals surface area contributed by atoms with Crippen molar-refractivity contribution in [3.05, 3.63) is 52.6 Å². The van der Waals surface area contributed by atoms with Crippen LogP contribution in [0.1, 0.15) is 0 Å². The first kappa shape index (κ1) is 17.7. The zero-order chi connectivity index (χ0) is 18.1. The number of sulfonamides is 1. The second-order valence-corrected chi connectivity index (χ2v) is 10.4. The lowest BCUT2D eigenvalue weighted by molar-refractivity contribution is 0.384. The van der Waals surface area contributed by atoms with E-state index in [0.29, 0.717) is 30.4 Å². The van der Waals surface area contributed by atoms with E-state index in [1.807, 2.05) is 41.2 Å². The predicted molar refractivity (Wildman–Crippen MR) is 104 cm³/mol. The summed E-state index contributed by atoms with van der Waals surface area (Å²) < 4.78 is 30.0. The van der Waals surface area contributed by atoms with Gasteiger partial charge in [0.25, 0.3) is 10.0 Å². The van der Waals surface area contributed by atoms with Crippen molar-refractivity contribution in [1.29, 1.82) is 0 Å². The van der Waals surface area contributed by atoms with E-state index in [1.165, 1.54) is 15.6 Å². The number of anilines is 1. The number of rotatable bonds is 4. The van der Waals surface area contributed by atoms with Crippen LogP contribution in [0.2, 0.25) is 0 Å². The molecule has 3 aromatic rings. The molecule has 0 bridgehead atoms. The summed E-state index contributed by atoms with van der Waals surface area (Å²) in [6, 6.07) is 11.1. The van der Waals surface area contributed by atoms with Crippen LogP contribution in [-0.2, 0) is 10.0 Å². The highest BCUT2D eigenvalue weighted by atomic mass is 79.9. The highest BCUT2D eigenvalue weighted by Gasteiger charge is 2.30. The Labute approximate surface area is 164 Å². The Morgan fingerprint density at radius 1 is 0.923 bits per heavy atom. The van der Waals surface area contributed by atoms with Gasteiger partial charge in [0.2, 0.25) is 0 Å². The molecule has 136 valence electrons. The first-order chi connectivity index (χ1) is 12.5. The lowest BCUT2D eigenvalue weighted by atomic mass is 10.3. The lowest BCUT2D eigenvalue weighted by Gasteiger charge is -2.34. The molecule has 26 heavy (non-hydrogen) atoms. The number of piperazine rings is 1. The molecule has 1 fully saturated rings. The summed E-state index contributed by atoms with van der Waals surface area (Å²) in [5.41, 5.74) is 0. The van der Waals surface area contributed by atoms with Crippen LogP contribution in [0.15, 0.2) is 56.8 Å². The molecule has 1 aliphatic rings. The van der Waals surface area contributed by atoms with Crippen molar-refractivity contribution in [2.24, 2.45) is 0 Å². The maximum atomic E-state index is 12.7. The standard InChI is InChI=1S/C16H16BrN5O2S2/c17-13-3-6-16(25-13)26(23,24)22-11-9-21(10-12-22)15-5-4-14(18-19-15)20-7-1-2-8-20/h1-8H,9-12H2. The molecular weight excluding hydrogens is 438 g/mol. The van der Waals surface area contributed by atoms with Crippen molar-refractivity contribution in [3.8, 4) is 5.82 Å². The van der Waals surface area contributed by atoms with Gasteiger partial charge in [-0.25, -0.2) is 8.42 Å². The minimum Gasteiger partial charge on any atom is -0.352 e. The monoisotopic (exact) mass is 453 g/mol. The van der Waals surface area contributed by atoms with E-state index in [4.69, 9.17) is 0 Å². The zero-order valence-corrected chi connectivity index (χ0v) is 16.9. The Hall–Kier alpha value is -1.75. The third kappa shape index (κ3) is 3.41. The maximum Gasteiger partial charge on any atom is 0.252 e. The van der Waals surface area contributed by atoms with E-state index in [2.05, 4.69) is 31.0 Å². The quantitative estimate of drug-likeness (QED) is 0.606. The summed E-state index contributed by atoms with van der Waals surface area (Å²) in [4.78, 5) is 2.06. The van der Waals surface area contributed by atoms with E-state index in [1.54, 1.807) is 12.1 Å². The average Bonchev–Trinajstić information content (AvgIpc) is 3.34. The third-order valence-electron chi connectivity index (χ3n) is 4.21. The van der Waals surface area contributed by atoms with Gasteiger partial charge in [0.1, 0.15) is 4.21 Å². The molecule has 0 unspecified atom stereocenters. The minimum atomic E-state index is -3.43. The molecule has 0 atom stereocenters. The second-order valence-electron chi connectivity index (χ2n) is 5.79. The van der Waals surface area contributed by atoms with E-state index in [9.17, 15) is 8.42 Å². The van der Waals surface area contributed by atoms with Crippen molar-refractivity contribution < 1.29 is 8.42 Å². The van der Waals surface area contributed by atoms with Gasteiger partial charge in [-0.15, -0.1) is 21.5 Å². The third-order valence-corrected chi connectivity index (χ3v) is 8.20. The lowest BCUT2D eigenvalue weighted by Crippen LogP contribution is -2.48. The predicted octanol–water partition coefficient (Wildman–Crippen LogP) is 2.60. The van der Waals surface area contributed by atoms with Crippen molar-refractivity contribution >= 4 is 43.1 Å². The van der Waals surface area contributed by atoms with E-state index >= 15 is 0 Å². The molecule has 1 saturated heterocycles. The Morgan fingerprint density at radius 2 is 1.58 bits per heavy atom. The first-order valence-electron chi connectivity index (χ1n) is 8.01. The van der Waals surface area contributed by atoms with E-state index < -0.39 is 10.0 Å². The van der Waals surface area contributed by atoms with Crippen molar-refractivity contribution in [3.63, 3.8) is 0 Å². The summed E-state index contributed by atoms with van der Waals surface area (Å²) >= 11 is 4.55. The molecule has 0 aromatic carbocycles. The van der Waals surface area contributed by atoms with E-state index in [-0.39, 0.29) is 0 Å². The van der Waals surface area contributed by atoms with Gasteiger partial charge in [0.05, 0.1) is 3.79 Å². The van der Waals surface area contributed by atoms with Gasteiger partial charge >= 0.3 is 0 Å². The number of thiophene rings is 1. The Balaban J connectivity index is 1.43. The van der Waals surface area contributed by atoms with Crippen LogP contribution >= 0.6 is 27.3 Å². The highest BCUT2D eigenvalue weighted by Crippen LogP contribution is 2.29. The Bertz CT molecular complexity index is 978. The molecule has 10 heteroatoms. The molecule has 7 nitrogen and oxygen atoms in total. The largest absolute Gasteiger partial charge is 0.352 e. The molecule has 0 spiro atoms. The molecule has 4 heterocycles. The SMILES string of the molecule is O=S(=O)(c1ccc(Br)s1)N1CCN(c2ccc(-n3cccc3)nn2)CC1. The van der Waals surface area contributed by atoms with Crippen LogP contribution in [-0.4, -0.2) is 53.7 Å². The van der Waals surface area contributed by atoms with Crippen LogP contribution in [0, 0.1) is 0 Å². The van der Waals surface area contributed by atoms with Crippen LogP contribution in [0.4, 0.5) is 5.82 Å². The summed E-state index contributed by atoms with van der Waals surface area (Å²) in [5.74, 6) is 1.51. The van der Waals surface area contributed by atoms with Crippen molar-refractivity contribution in [2.75, 3.05) is 31.1 Å². The molecule has 0 amide bonds. The fourth-order valence-electron chi connectivity index (χ4n) is 2.83. The molecular formula is C16H16BrN5O2S2. The normalized spacial score (nSPS) is 16.1. The topological polar surface area (TPSA) is 71.3 Å².